The molecular formula is C16H19N3O2. The van der Waals surface area contributed by atoms with Crippen molar-refractivity contribution in [1.29, 1.82) is 0 Å². The van der Waals surface area contributed by atoms with Crippen molar-refractivity contribution >= 4 is 22.6 Å². The molecule has 21 heavy (non-hydrogen) atoms. The van der Waals surface area contributed by atoms with E-state index >= 15 is 0 Å². The van der Waals surface area contributed by atoms with Crippen molar-refractivity contribution in [2.75, 3.05) is 12.3 Å². The van der Waals surface area contributed by atoms with Crippen LogP contribution >= 0.6 is 0 Å². The van der Waals surface area contributed by atoms with E-state index in [1.54, 1.807) is 6.07 Å². The fourth-order valence-corrected chi connectivity index (χ4v) is 2.71. The van der Waals surface area contributed by atoms with E-state index in [9.17, 15) is 4.79 Å². The van der Waals surface area contributed by atoms with Crippen LogP contribution in [0.5, 0.6) is 0 Å². The lowest BCUT2D eigenvalue weighted by Gasteiger charge is -2.29. The van der Waals surface area contributed by atoms with Crippen LogP contribution in [0.4, 0.5) is 5.82 Å². The number of ether oxygens (including phenoxy) is 1. The molecule has 0 bridgehead atoms. The summed E-state index contributed by atoms with van der Waals surface area (Å²) in [6.07, 6.45) is 0.796. The lowest BCUT2D eigenvalue weighted by Crippen LogP contribution is -2.50. The number of carbonyl (C=O) groups is 1. The van der Waals surface area contributed by atoms with Crippen LogP contribution < -0.4 is 11.1 Å². The predicted octanol–water partition coefficient (Wildman–Crippen LogP) is 2.11. The van der Waals surface area contributed by atoms with Crippen LogP contribution in [0.3, 0.4) is 0 Å². The highest BCUT2D eigenvalue weighted by Crippen LogP contribution is 2.27. The maximum atomic E-state index is 12.7. The summed E-state index contributed by atoms with van der Waals surface area (Å²) in [6, 6.07) is 9.13. The van der Waals surface area contributed by atoms with E-state index in [-0.39, 0.29) is 17.6 Å². The van der Waals surface area contributed by atoms with Gasteiger partial charge in [0, 0.05) is 12.0 Å². The molecule has 5 nitrogen and oxygen atoms in total. The van der Waals surface area contributed by atoms with Crippen LogP contribution in [0, 0.1) is 0 Å². The van der Waals surface area contributed by atoms with Gasteiger partial charge >= 0.3 is 0 Å². The molecule has 1 saturated heterocycles. The molecule has 0 spiro atoms. The number of nitrogens with one attached hydrogen (secondary N) is 1. The summed E-state index contributed by atoms with van der Waals surface area (Å²) in [7, 11) is 0. The first-order valence-corrected chi connectivity index (χ1v) is 7.09. The SMILES string of the molecule is CC1OCCC1(C)NC(=O)c1cc(N)nc2ccccc12. The van der Waals surface area contributed by atoms with E-state index in [0.29, 0.717) is 18.0 Å². The standard InChI is InChI=1S/C16H19N3O2/c1-10-16(2,7-8-21-10)19-15(20)12-9-14(17)18-13-6-4-3-5-11(12)13/h3-6,9-10H,7-8H2,1-2H3,(H2,17,18)(H,19,20). The topological polar surface area (TPSA) is 77.2 Å². The summed E-state index contributed by atoms with van der Waals surface area (Å²) in [5, 5.41) is 3.90. The van der Waals surface area contributed by atoms with E-state index in [1.165, 1.54) is 0 Å². The quantitative estimate of drug-likeness (QED) is 0.886. The Morgan fingerprint density at radius 3 is 2.95 bits per heavy atom. The Hall–Kier alpha value is -2.14. The monoisotopic (exact) mass is 285 g/mol. The largest absolute Gasteiger partial charge is 0.384 e. The Labute approximate surface area is 123 Å². The molecule has 2 atom stereocenters. The summed E-state index contributed by atoms with van der Waals surface area (Å²) in [6.45, 7) is 4.65. The fourth-order valence-electron chi connectivity index (χ4n) is 2.71. The first-order valence-electron chi connectivity index (χ1n) is 7.09. The number of para-hydroxylation sites is 1. The lowest BCUT2D eigenvalue weighted by atomic mass is 9.94. The van der Waals surface area contributed by atoms with Crippen LogP contribution in [0.15, 0.2) is 30.3 Å². The van der Waals surface area contributed by atoms with Crippen molar-refractivity contribution in [2.24, 2.45) is 0 Å². The molecular weight excluding hydrogens is 266 g/mol. The average Bonchev–Trinajstić information content (AvgIpc) is 2.77. The molecule has 1 fully saturated rings. The third-order valence-corrected chi connectivity index (χ3v) is 4.27. The smallest absolute Gasteiger partial charge is 0.252 e. The second kappa shape index (κ2) is 5.00. The third kappa shape index (κ3) is 2.45. The number of carbonyl (C=O) groups excluding carboxylic acids is 1. The summed E-state index contributed by atoms with van der Waals surface area (Å²) in [5.41, 5.74) is 6.74. The van der Waals surface area contributed by atoms with Gasteiger partial charge < -0.3 is 15.8 Å². The van der Waals surface area contributed by atoms with Crippen molar-refractivity contribution in [3.05, 3.63) is 35.9 Å². The molecule has 0 radical (unpaired) electrons. The van der Waals surface area contributed by atoms with Gasteiger partial charge in [0.1, 0.15) is 5.82 Å². The Morgan fingerprint density at radius 2 is 2.24 bits per heavy atom. The van der Waals surface area contributed by atoms with Crippen LogP contribution in [0.25, 0.3) is 10.9 Å². The number of nitrogens with zero attached hydrogens (tertiary/aromatic N) is 1. The number of nitrogens with two attached hydrogens (primary N) is 1. The number of pyridine rings is 1. The second-order valence-corrected chi connectivity index (χ2v) is 5.75. The van der Waals surface area contributed by atoms with Crippen molar-refractivity contribution in [1.82, 2.24) is 10.3 Å². The van der Waals surface area contributed by atoms with E-state index < -0.39 is 0 Å². The summed E-state index contributed by atoms with van der Waals surface area (Å²) in [4.78, 5) is 16.9. The number of hydrogen-bond acceptors (Lipinski definition) is 4. The molecule has 2 aromatic rings. The minimum absolute atomic E-state index is 0.00750. The first kappa shape index (κ1) is 13.8. The van der Waals surface area contributed by atoms with Gasteiger partial charge in [-0.25, -0.2) is 4.98 Å². The summed E-state index contributed by atoms with van der Waals surface area (Å²) >= 11 is 0. The molecule has 0 saturated carbocycles. The third-order valence-electron chi connectivity index (χ3n) is 4.27. The van der Waals surface area contributed by atoms with Crippen LogP contribution in [0.1, 0.15) is 30.6 Å². The summed E-state index contributed by atoms with van der Waals surface area (Å²) < 4.78 is 5.56. The highest BCUT2D eigenvalue weighted by atomic mass is 16.5. The molecule has 1 amide bonds. The van der Waals surface area contributed by atoms with E-state index in [1.807, 2.05) is 38.1 Å². The molecule has 1 aliphatic heterocycles. The molecule has 2 heterocycles. The van der Waals surface area contributed by atoms with Gasteiger partial charge in [0.25, 0.3) is 5.91 Å². The van der Waals surface area contributed by atoms with Crippen molar-refractivity contribution in [3.8, 4) is 0 Å². The Kier molecular flexibility index (Phi) is 3.29. The summed E-state index contributed by atoms with van der Waals surface area (Å²) in [5.74, 6) is 0.208. The molecule has 2 unspecified atom stereocenters. The molecule has 110 valence electrons. The number of hydrogen-bond donors (Lipinski definition) is 2. The molecule has 0 aliphatic carbocycles. The number of amides is 1. The lowest BCUT2D eigenvalue weighted by molar-refractivity contribution is 0.0728. The van der Waals surface area contributed by atoms with Gasteiger partial charge in [-0.2, -0.15) is 0 Å². The van der Waals surface area contributed by atoms with Crippen molar-refractivity contribution in [3.63, 3.8) is 0 Å². The zero-order valence-corrected chi connectivity index (χ0v) is 12.2. The molecule has 1 aromatic heterocycles. The van der Waals surface area contributed by atoms with Crippen LogP contribution in [-0.4, -0.2) is 29.1 Å². The Bertz CT molecular complexity index is 701. The normalized spacial score (nSPS) is 25.1. The van der Waals surface area contributed by atoms with Gasteiger partial charge in [0.15, 0.2) is 0 Å². The predicted molar refractivity (Wildman–Crippen MR) is 82.1 cm³/mol. The van der Waals surface area contributed by atoms with E-state index in [0.717, 1.165) is 17.3 Å². The van der Waals surface area contributed by atoms with Gasteiger partial charge in [-0.05, 0) is 32.4 Å². The van der Waals surface area contributed by atoms with Crippen LogP contribution in [0.2, 0.25) is 0 Å². The van der Waals surface area contributed by atoms with E-state index in [4.69, 9.17) is 10.5 Å². The minimum Gasteiger partial charge on any atom is -0.384 e. The molecule has 3 N–H and O–H groups in total. The van der Waals surface area contributed by atoms with Crippen molar-refractivity contribution < 1.29 is 9.53 Å². The Morgan fingerprint density at radius 1 is 1.48 bits per heavy atom. The number of aromatic nitrogens is 1. The molecule has 5 heteroatoms. The number of rotatable bonds is 2. The van der Waals surface area contributed by atoms with Crippen molar-refractivity contribution in [2.45, 2.75) is 31.9 Å². The number of benzene rings is 1. The van der Waals surface area contributed by atoms with Gasteiger partial charge in [0.05, 0.1) is 22.7 Å². The zero-order valence-electron chi connectivity index (χ0n) is 12.2. The molecule has 3 rings (SSSR count). The second-order valence-electron chi connectivity index (χ2n) is 5.75. The highest BCUT2D eigenvalue weighted by Gasteiger charge is 2.38. The van der Waals surface area contributed by atoms with Gasteiger partial charge in [0.2, 0.25) is 0 Å². The van der Waals surface area contributed by atoms with Gasteiger partial charge in [-0.3, -0.25) is 4.79 Å². The fraction of sp³-hybridized carbons (Fsp3) is 0.375. The van der Waals surface area contributed by atoms with Crippen LogP contribution in [-0.2, 0) is 4.74 Å². The molecule has 1 aliphatic rings. The number of anilines is 1. The Balaban J connectivity index is 1.98. The number of nitrogen functional groups attached to an aromatic ring is 1. The highest BCUT2D eigenvalue weighted by molar-refractivity contribution is 6.07. The maximum absolute atomic E-state index is 12.7. The first-order chi connectivity index (χ1) is 9.99. The zero-order chi connectivity index (χ0) is 15.0. The van der Waals surface area contributed by atoms with E-state index in [2.05, 4.69) is 10.3 Å². The molecule has 1 aromatic carbocycles. The maximum Gasteiger partial charge on any atom is 0.252 e. The minimum atomic E-state index is -0.351. The average molecular weight is 285 g/mol. The van der Waals surface area contributed by atoms with Gasteiger partial charge in [-0.15, -0.1) is 0 Å². The number of fused-ring (bicyclic) bond motifs is 1. The van der Waals surface area contributed by atoms with Gasteiger partial charge in [-0.1, -0.05) is 18.2 Å².